The standard InChI is InChI=1S/C9H15N2P/c1-3-8(4-2)11-6-9-5-10-7-12-9/h5-8,12H,3-4H2,1-2H3/b11-6+. The maximum absolute atomic E-state index is 4.48. The largest absolute Gasteiger partial charge is 0.289 e. The average Bonchev–Trinajstić information content (AvgIpc) is 2.59. The normalized spacial score (nSPS) is 12.2. The minimum Gasteiger partial charge on any atom is -0.289 e. The first kappa shape index (κ1) is 9.47. The molecule has 66 valence electrons. The van der Waals surface area contributed by atoms with Gasteiger partial charge in [0.05, 0.1) is 0 Å². The molecule has 0 radical (unpaired) electrons. The Morgan fingerprint density at radius 1 is 1.58 bits per heavy atom. The number of hydrogen-bond acceptors (Lipinski definition) is 2. The van der Waals surface area contributed by atoms with Gasteiger partial charge in [0.1, 0.15) is 0 Å². The van der Waals surface area contributed by atoms with Gasteiger partial charge in [-0.25, -0.2) is 0 Å². The summed E-state index contributed by atoms with van der Waals surface area (Å²) in [7, 11) is 0.722. The molecule has 0 spiro atoms. The maximum Gasteiger partial charge on any atom is 0.0494 e. The maximum atomic E-state index is 4.48. The third-order valence-electron chi connectivity index (χ3n) is 1.89. The first-order valence-corrected chi connectivity index (χ1v) is 5.46. The van der Waals surface area contributed by atoms with Crippen LogP contribution in [0.3, 0.4) is 0 Å². The Labute approximate surface area is 75.2 Å². The van der Waals surface area contributed by atoms with E-state index in [0.717, 1.165) is 21.0 Å². The lowest BCUT2D eigenvalue weighted by molar-refractivity contribution is 0.634. The number of nitrogens with zero attached hydrogens (tertiary/aromatic N) is 2. The minimum atomic E-state index is 0.497. The molecule has 12 heavy (non-hydrogen) atoms. The summed E-state index contributed by atoms with van der Waals surface area (Å²) >= 11 is 0. The second-order valence-electron chi connectivity index (χ2n) is 2.76. The van der Waals surface area contributed by atoms with Crippen LogP contribution in [0.25, 0.3) is 0 Å². The first-order chi connectivity index (χ1) is 5.86. The summed E-state index contributed by atoms with van der Waals surface area (Å²) in [4.78, 5) is 8.50. The van der Waals surface area contributed by atoms with Crippen LogP contribution in [0.15, 0.2) is 17.1 Å². The van der Waals surface area contributed by atoms with Crippen LogP contribution in [-0.4, -0.2) is 17.2 Å². The monoisotopic (exact) mass is 182 g/mol. The molecule has 0 aliphatic carbocycles. The van der Waals surface area contributed by atoms with Gasteiger partial charge in [-0.05, 0) is 12.8 Å². The summed E-state index contributed by atoms with van der Waals surface area (Å²) in [6.07, 6.45) is 6.13. The van der Waals surface area contributed by atoms with Gasteiger partial charge in [0.2, 0.25) is 0 Å². The van der Waals surface area contributed by atoms with E-state index in [4.69, 9.17) is 0 Å². The molecule has 0 amide bonds. The zero-order valence-corrected chi connectivity index (χ0v) is 8.62. The molecule has 2 nitrogen and oxygen atoms in total. The van der Waals surface area contributed by atoms with Crippen LogP contribution >= 0.6 is 8.19 Å². The lowest BCUT2D eigenvalue weighted by Crippen LogP contribution is -1.99. The molecular weight excluding hydrogens is 167 g/mol. The molecule has 1 atom stereocenters. The Morgan fingerprint density at radius 2 is 2.33 bits per heavy atom. The van der Waals surface area contributed by atoms with Crippen molar-refractivity contribution in [2.75, 3.05) is 0 Å². The summed E-state index contributed by atoms with van der Waals surface area (Å²) in [5, 5.41) is 1.25. The highest BCUT2D eigenvalue weighted by Gasteiger charge is 1.97. The van der Waals surface area contributed by atoms with Gasteiger partial charge in [0.25, 0.3) is 0 Å². The van der Waals surface area contributed by atoms with Gasteiger partial charge in [-0.1, -0.05) is 13.8 Å². The Kier molecular flexibility index (Phi) is 4.02. The van der Waals surface area contributed by atoms with Crippen molar-refractivity contribution in [1.82, 2.24) is 4.98 Å². The molecule has 0 saturated heterocycles. The molecule has 1 aromatic heterocycles. The molecular formula is C9H15N2P. The van der Waals surface area contributed by atoms with Crippen molar-refractivity contribution < 1.29 is 0 Å². The summed E-state index contributed by atoms with van der Waals surface area (Å²) < 4.78 is 0. The predicted molar refractivity (Wildman–Crippen MR) is 55.7 cm³/mol. The molecule has 1 heterocycles. The van der Waals surface area contributed by atoms with E-state index in [0.29, 0.717) is 6.04 Å². The van der Waals surface area contributed by atoms with Crippen LogP contribution in [0, 0.1) is 0 Å². The average molecular weight is 182 g/mol. The van der Waals surface area contributed by atoms with Gasteiger partial charge < -0.3 is 0 Å². The van der Waals surface area contributed by atoms with Crippen LogP contribution in [0.2, 0.25) is 0 Å². The number of aromatic nitrogens is 1. The summed E-state index contributed by atoms with van der Waals surface area (Å²) in [6.45, 7) is 4.35. The smallest absolute Gasteiger partial charge is 0.0494 e. The van der Waals surface area contributed by atoms with Crippen LogP contribution in [0.4, 0.5) is 0 Å². The van der Waals surface area contributed by atoms with Gasteiger partial charge in [0.15, 0.2) is 0 Å². The van der Waals surface area contributed by atoms with Crippen LogP contribution < -0.4 is 0 Å². The molecule has 1 rings (SSSR count). The zero-order chi connectivity index (χ0) is 8.81. The molecule has 0 aliphatic rings. The second kappa shape index (κ2) is 5.10. The van der Waals surface area contributed by atoms with E-state index in [1.54, 1.807) is 0 Å². The molecule has 1 aromatic rings. The third kappa shape index (κ3) is 2.78. The van der Waals surface area contributed by atoms with E-state index in [-0.39, 0.29) is 0 Å². The molecule has 0 saturated carbocycles. The first-order valence-electron chi connectivity index (χ1n) is 4.38. The van der Waals surface area contributed by atoms with E-state index in [2.05, 4.69) is 23.8 Å². The zero-order valence-electron chi connectivity index (χ0n) is 7.62. The quantitative estimate of drug-likeness (QED) is 0.657. The second-order valence-corrected chi connectivity index (χ2v) is 3.88. The molecule has 1 unspecified atom stereocenters. The fourth-order valence-electron chi connectivity index (χ4n) is 1.02. The van der Waals surface area contributed by atoms with Crippen molar-refractivity contribution in [3.8, 4) is 0 Å². The summed E-state index contributed by atoms with van der Waals surface area (Å²) in [5.74, 6) is 1.94. The van der Waals surface area contributed by atoms with E-state index in [9.17, 15) is 0 Å². The molecule has 0 fully saturated rings. The van der Waals surface area contributed by atoms with Crippen molar-refractivity contribution in [3.05, 3.63) is 17.4 Å². The fourth-order valence-corrected chi connectivity index (χ4v) is 1.62. The highest BCUT2D eigenvalue weighted by atomic mass is 31.0. The number of aliphatic imine (C=N–C) groups is 1. The highest BCUT2D eigenvalue weighted by Crippen LogP contribution is 2.10. The topological polar surface area (TPSA) is 25.2 Å². The SMILES string of the molecule is CCC(CC)/N=C/c1cnc[pH]1. The van der Waals surface area contributed by atoms with Gasteiger partial charge >= 0.3 is 0 Å². The predicted octanol–water partition coefficient (Wildman–Crippen LogP) is 2.72. The van der Waals surface area contributed by atoms with Gasteiger partial charge in [-0.3, -0.25) is 9.98 Å². The summed E-state index contributed by atoms with van der Waals surface area (Å²) in [5.41, 5.74) is 0. The summed E-state index contributed by atoms with van der Waals surface area (Å²) in [6, 6.07) is 0.497. The van der Waals surface area contributed by atoms with Crippen LogP contribution in [-0.2, 0) is 0 Å². The highest BCUT2D eigenvalue weighted by molar-refractivity contribution is 7.31. The lowest BCUT2D eigenvalue weighted by atomic mass is 10.2. The minimum absolute atomic E-state index is 0.497. The van der Waals surface area contributed by atoms with Crippen molar-refractivity contribution in [1.29, 1.82) is 0 Å². The lowest BCUT2D eigenvalue weighted by Gasteiger charge is -2.03. The Balaban J connectivity index is 2.49. The Bertz CT molecular complexity index is 225. The van der Waals surface area contributed by atoms with Gasteiger partial charge in [0, 0.05) is 29.7 Å². The van der Waals surface area contributed by atoms with Crippen LogP contribution in [0.1, 0.15) is 32.0 Å². The molecule has 0 aliphatic heterocycles. The molecule has 0 N–H and O–H groups in total. The van der Waals surface area contributed by atoms with Crippen molar-refractivity contribution in [3.63, 3.8) is 0 Å². The van der Waals surface area contributed by atoms with Gasteiger partial charge in [-0.15, -0.1) is 8.19 Å². The van der Waals surface area contributed by atoms with Gasteiger partial charge in [-0.2, -0.15) is 0 Å². The van der Waals surface area contributed by atoms with Crippen molar-refractivity contribution in [2.45, 2.75) is 32.7 Å². The fraction of sp³-hybridized carbons (Fsp3) is 0.556. The van der Waals surface area contributed by atoms with E-state index in [1.165, 1.54) is 5.30 Å². The molecule has 0 bridgehead atoms. The van der Waals surface area contributed by atoms with E-state index >= 15 is 0 Å². The molecule has 3 heteroatoms. The third-order valence-corrected chi connectivity index (χ3v) is 2.76. The van der Waals surface area contributed by atoms with E-state index in [1.807, 2.05) is 18.3 Å². The van der Waals surface area contributed by atoms with Crippen LogP contribution in [0.5, 0.6) is 0 Å². The van der Waals surface area contributed by atoms with Crippen molar-refractivity contribution >= 4 is 14.4 Å². The molecule has 0 aromatic carbocycles. The Morgan fingerprint density at radius 3 is 2.83 bits per heavy atom. The Hall–Kier alpha value is -0.620. The van der Waals surface area contributed by atoms with Crippen molar-refractivity contribution in [2.24, 2.45) is 4.99 Å². The number of rotatable bonds is 4. The van der Waals surface area contributed by atoms with E-state index < -0.39 is 0 Å². The number of hydrogen-bond donors (Lipinski definition) is 0.